The Balaban J connectivity index is 2.16. The lowest BCUT2D eigenvalue weighted by atomic mass is 10.0. The van der Waals surface area contributed by atoms with Crippen molar-refractivity contribution in [2.75, 3.05) is 7.11 Å². The topological polar surface area (TPSA) is 84.5 Å². The zero-order valence-corrected chi connectivity index (χ0v) is 17.7. The lowest BCUT2D eigenvalue weighted by Gasteiger charge is -2.22. The number of halogens is 2. The number of amides is 2. The number of carbonyl (C=O) groups is 3. The predicted octanol–water partition coefficient (Wildman–Crippen LogP) is 2.54. The van der Waals surface area contributed by atoms with Gasteiger partial charge in [-0.05, 0) is 35.4 Å². The molecule has 2 aromatic rings. The van der Waals surface area contributed by atoms with Gasteiger partial charge in [0.15, 0.2) is 0 Å². The Labute approximate surface area is 177 Å². The Hall–Kier alpha value is -2.74. The molecule has 2 aromatic carbocycles. The maximum atomic E-state index is 13.1. The van der Waals surface area contributed by atoms with E-state index in [0.29, 0.717) is 5.56 Å². The van der Waals surface area contributed by atoms with E-state index < -0.39 is 35.7 Å². The van der Waals surface area contributed by atoms with Crippen LogP contribution in [0.1, 0.15) is 18.1 Å². The van der Waals surface area contributed by atoms with Crippen LogP contribution in [0.2, 0.25) is 0 Å². The van der Waals surface area contributed by atoms with Crippen molar-refractivity contribution in [2.24, 2.45) is 0 Å². The van der Waals surface area contributed by atoms with Crippen molar-refractivity contribution >= 4 is 33.7 Å². The summed E-state index contributed by atoms with van der Waals surface area (Å²) >= 11 is 3.37. The average molecular weight is 465 g/mol. The van der Waals surface area contributed by atoms with Gasteiger partial charge in [0.05, 0.1) is 7.11 Å². The predicted molar refractivity (Wildman–Crippen MR) is 110 cm³/mol. The highest BCUT2D eigenvalue weighted by molar-refractivity contribution is 9.10. The number of rotatable bonds is 8. The van der Waals surface area contributed by atoms with Crippen molar-refractivity contribution in [2.45, 2.75) is 31.8 Å². The van der Waals surface area contributed by atoms with Gasteiger partial charge >= 0.3 is 5.97 Å². The number of hydrogen-bond donors (Lipinski definition) is 2. The van der Waals surface area contributed by atoms with Gasteiger partial charge < -0.3 is 15.4 Å². The number of methoxy groups -OCH3 is 1. The Morgan fingerprint density at radius 2 is 1.66 bits per heavy atom. The molecule has 0 saturated heterocycles. The minimum Gasteiger partial charge on any atom is -0.467 e. The first kappa shape index (κ1) is 22.5. The van der Waals surface area contributed by atoms with E-state index in [1.54, 1.807) is 0 Å². The summed E-state index contributed by atoms with van der Waals surface area (Å²) in [7, 11) is 1.24. The minimum atomic E-state index is -0.925. The zero-order valence-electron chi connectivity index (χ0n) is 16.1. The monoisotopic (exact) mass is 464 g/mol. The average Bonchev–Trinajstić information content (AvgIpc) is 2.67. The molecule has 154 valence electrons. The van der Waals surface area contributed by atoms with Crippen LogP contribution in [0.4, 0.5) is 4.39 Å². The number of esters is 1. The molecule has 0 aliphatic carbocycles. The highest BCUT2D eigenvalue weighted by Crippen LogP contribution is 2.14. The van der Waals surface area contributed by atoms with Gasteiger partial charge in [0, 0.05) is 24.2 Å². The Morgan fingerprint density at radius 3 is 2.24 bits per heavy atom. The molecule has 8 heteroatoms. The highest BCUT2D eigenvalue weighted by atomic mass is 79.9. The van der Waals surface area contributed by atoms with Gasteiger partial charge in [-0.3, -0.25) is 9.59 Å². The van der Waals surface area contributed by atoms with E-state index in [1.807, 2.05) is 24.3 Å². The summed E-state index contributed by atoms with van der Waals surface area (Å²) in [6.07, 6.45) is 0.373. The van der Waals surface area contributed by atoms with Crippen LogP contribution in [0, 0.1) is 5.82 Å². The van der Waals surface area contributed by atoms with E-state index in [0.717, 1.165) is 10.0 Å². The normalized spacial score (nSPS) is 12.6. The molecule has 0 unspecified atom stereocenters. The molecular weight excluding hydrogens is 443 g/mol. The van der Waals surface area contributed by atoms with E-state index in [4.69, 9.17) is 4.74 Å². The van der Waals surface area contributed by atoms with Gasteiger partial charge in [-0.25, -0.2) is 9.18 Å². The van der Waals surface area contributed by atoms with E-state index in [-0.39, 0.29) is 12.8 Å². The van der Waals surface area contributed by atoms with Crippen LogP contribution < -0.4 is 10.6 Å². The summed E-state index contributed by atoms with van der Waals surface area (Å²) in [5.41, 5.74) is 1.49. The molecule has 0 aromatic heterocycles. The second kappa shape index (κ2) is 10.7. The lowest BCUT2D eigenvalue weighted by Crippen LogP contribution is -2.53. The van der Waals surface area contributed by atoms with Crippen LogP contribution in [0.3, 0.4) is 0 Å². The van der Waals surface area contributed by atoms with Crippen molar-refractivity contribution in [3.8, 4) is 0 Å². The van der Waals surface area contributed by atoms with Gasteiger partial charge in [-0.15, -0.1) is 0 Å². The second-order valence-electron chi connectivity index (χ2n) is 6.50. The third-order valence-electron chi connectivity index (χ3n) is 4.18. The van der Waals surface area contributed by atoms with Crippen molar-refractivity contribution in [3.63, 3.8) is 0 Å². The molecule has 2 N–H and O–H groups in total. The summed E-state index contributed by atoms with van der Waals surface area (Å²) in [6.45, 7) is 1.30. The SMILES string of the molecule is COC(=O)[C@H](Cc1cccc(Br)c1)NC(=O)[C@H](Cc1ccc(F)cc1)NC(C)=O. The van der Waals surface area contributed by atoms with E-state index in [1.165, 1.54) is 38.3 Å². The molecule has 0 bridgehead atoms. The van der Waals surface area contributed by atoms with Crippen molar-refractivity contribution in [1.29, 1.82) is 0 Å². The van der Waals surface area contributed by atoms with Crippen LogP contribution in [-0.4, -0.2) is 37.0 Å². The van der Waals surface area contributed by atoms with Crippen LogP contribution in [0.25, 0.3) is 0 Å². The Kier molecular flexibility index (Phi) is 8.33. The number of carbonyl (C=O) groups excluding carboxylic acids is 3. The molecule has 0 aliphatic rings. The first-order valence-electron chi connectivity index (χ1n) is 8.92. The van der Waals surface area contributed by atoms with E-state index in [2.05, 4.69) is 26.6 Å². The fourth-order valence-corrected chi connectivity index (χ4v) is 3.26. The van der Waals surface area contributed by atoms with Crippen LogP contribution in [0.5, 0.6) is 0 Å². The minimum absolute atomic E-state index is 0.149. The van der Waals surface area contributed by atoms with E-state index in [9.17, 15) is 18.8 Å². The maximum absolute atomic E-state index is 13.1. The molecule has 0 saturated carbocycles. The largest absolute Gasteiger partial charge is 0.467 e. The van der Waals surface area contributed by atoms with Crippen molar-refractivity contribution in [3.05, 3.63) is 69.9 Å². The molecule has 0 spiro atoms. The third-order valence-corrected chi connectivity index (χ3v) is 4.67. The Morgan fingerprint density at radius 1 is 1.00 bits per heavy atom. The van der Waals surface area contributed by atoms with Crippen LogP contribution in [-0.2, 0) is 32.0 Å². The molecular formula is C21H22BrFN2O4. The lowest BCUT2D eigenvalue weighted by molar-refractivity contribution is -0.145. The molecule has 0 fully saturated rings. The van der Waals surface area contributed by atoms with Gasteiger partial charge in [0.1, 0.15) is 17.9 Å². The molecule has 2 rings (SSSR count). The van der Waals surface area contributed by atoms with Crippen LogP contribution in [0.15, 0.2) is 53.0 Å². The van der Waals surface area contributed by atoms with Gasteiger partial charge in [0.2, 0.25) is 11.8 Å². The molecule has 6 nitrogen and oxygen atoms in total. The fraction of sp³-hybridized carbons (Fsp3) is 0.286. The molecule has 2 atom stereocenters. The fourth-order valence-electron chi connectivity index (χ4n) is 2.82. The quantitative estimate of drug-likeness (QED) is 0.587. The number of benzene rings is 2. The summed E-state index contributed by atoms with van der Waals surface area (Å²) in [5.74, 6) is -1.92. The number of hydrogen-bond acceptors (Lipinski definition) is 4. The molecule has 29 heavy (non-hydrogen) atoms. The standard InChI is InChI=1S/C21H22BrFN2O4/c1-13(26)24-18(11-14-6-8-17(23)9-7-14)20(27)25-19(21(28)29-2)12-15-4-3-5-16(22)10-15/h3-10,18-19H,11-12H2,1-2H3,(H,24,26)(H,25,27)/t18-,19-/m0/s1. The summed E-state index contributed by atoms with van der Waals surface area (Å²) in [5, 5.41) is 5.23. The van der Waals surface area contributed by atoms with Gasteiger partial charge in [-0.1, -0.05) is 40.2 Å². The van der Waals surface area contributed by atoms with Gasteiger partial charge in [0.25, 0.3) is 0 Å². The highest BCUT2D eigenvalue weighted by Gasteiger charge is 2.27. The summed E-state index contributed by atoms with van der Waals surface area (Å²) in [6, 6.07) is 11.1. The van der Waals surface area contributed by atoms with Crippen molar-refractivity contribution in [1.82, 2.24) is 10.6 Å². The first-order valence-corrected chi connectivity index (χ1v) is 9.72. The van der Waals surface area contributed by atoms with Crippen LogP contribution >= 0.6 is 15.9 Å². The smallest absolute Gasteiger partial charge is 0.328 e. The van der Waals surface area contributed by atoms with E-state index >= 15 is 0 Å². The molecule has 0 aliphatic heterocycles. The maximum Gasteiger partial charge on any atom is 0.328 e. The molecule has 2 amide bonds. The number of ether oxygens (including phenoxy) is 1. The Bertz CT molecular complexity index is 873. The number of nitrogens with one attached hydrogen (secondary N) is 2. The molecule has 0 heterocycles. The zero-order chi connectivity index (χ0) is 21.4. The molecule has 0 radical (unpaired) electrons. The summed E-state index contributed by atoms with van der Waals surface area (Å²) < 4.78 is 18.8. The second-order valence-corrected chi connectivity index (χ2v) is 7.42. The summed E-state index contributed by atoms with van der Waals surface area (Å²) in [4.78, 5) is 36.6. The van der Waals surface area contributed by atoms with Crippen molar-refractivity contribution < 1.29 is 23.5 Å². The first-order chi connectivity index (χ1) is 13.8. The third kappa shape index (κ3) is 7.30. The van der Waals surface area contributed by atoms with Gasteiger partial charge in [-0.2, -0.15) is 0 Å².